The average molecular weight is 234 g/mol. The molecule has 0 radical (unpaired) electrons. The number of hydrogen-bond donors (Lipinski definition) is 1. The van der Waals surface area contributed by atoms with Gasteiger partial charge in [-0.05, 0) is 33.6 Å². The summed E-state index contributed by atoms with van der Waals surface area (Å²) in [5.74, 6) is 0.436. The molecule has 1 saturated heterocycles. The van der Waals surface area contributed by atoms with Crippen LogP contribution < -0.4 is 5.73 Å². The van der Waals surface area contributed by atoms with Crippen molar-refractivity contribution >= 4 is 5.82 Å². The molecule has 2 heterocycles. The molecule has 0 amide bonds. The number of nitriles is 1. The van der Waals surface area contributed by atoms with Gasteiger partial charge in [-0.25, -0.2) is 4.68 Å². The van der Waals surface area contributed by atoms with Gasteiger partial charge in [0, 0.05) is 6.61 Å². The lowest BCUT2D eigenvalue weighted by Crippen LogP contribution is -2.25. The van der Waals surface area contributed by atoms with Gasteiger partial charge in [0.2, 0.25) is 0 Å². The molecule has 1 unspecified atom stereocenters. The van der Waals surface area contributed by atoms with Gasteiger partial charge in [-0.3, -0.25) is 0 Å². The molecule has 2 rings (SSSR count). The van der Waals surface area contributed by atoms with Crippen LogP contribution >= 0.6 is 0 Å². The largest absolute Gasteiger partial charge is 0.383 e. The molecule has 0 spiro atoms. The molecule has 1 aromatic rings. The summed E-state index contributed by atoms with van der Waals surface area (Å²) in [5.41, 5.74) is 6.92. The van der Waals surface area contributed by atoms with Crippen molar-refractivity contribution in [3.8, 4) is 6.07 Å². The molecule has 1 aliphatic heterocycles. The Bertz CT molecular complexity index is 458. The number of aromatic nitrogens is 2. The van der Waals surface area contributed by atoms with E-state index in [1.54, 1.807) is 4.68 Å². The first-order valence-electron chi connectivity index (χ1n) is 5.85. The number of nitrogens with zero attached hydrogens (tertiary/aromatic N) is 3. The second-order valence-corrected chi connectivity index (χ2v) is 5.34. The summed E-state index contributed by atoms with van der Waals surface area (Å²) in [6.45, 7) is 6.77. The number of nitrogen functional groups attached to an aromatic ring is 1. The molecule has 1 aromatic heterocycles. The predicted molar refractivity (Wildman–Crippen MR) is 64.3 cm³/mol. The summed E-state index contributed by atoms with van der Waals surface area (Å²) in [7, 11) is 0. The summed E-state index contributed by atoms with van der Waals surface area (Å²) < 4.78 is 7.29. The van der Waals surface area contributed by atoms with Crippen LogP contribution in [0.5, 0.6) is 0 Å². The first-order chi connectivity index (χ1) is 7.95. The normalized spacial score (nSPS) is 20.5. The Morgan fingerprint density at radius 2 is 2.24 bits per heavy atom. The Labute approximate surface area is 101 Å². The van der Waals surface area contributed by atoms with Crippen LogP contribution in [0.15, 0.2) is 0 Å². The van der Waals surface area contributed by atoms with Gasteiger partial charge in [0.15, 0.2) is 0 Å². The van der Waals surface area contributed by atoms with E-state index in [4.69, 9.17) is 10.5 Å². The second kappa shape index (κ2) is 4.04. The Kier molecular flexibility index (Phi) is 2.84. The van der Waals surface area contributed by atoms with Gasteiger partial charge in [0.1, 0.15) is 29.2 Å². The minimum absolute atomic E-state index is 0.0736. The van der Waals surface area contributed by atoms with Crippen molar-refractivity contribution in [1.29, 1.82) is 5.26 Å². The van der Waals surface area contributed by atoms with Crippen molar-refractivity contribution in [2.24, 2.45) is 0 Å². The zero-order chi connectivity index (χ0) is 12.6. The maximum Gasteiger partial charge on any atom is 0.140 e. The van der Waals surface area contributed by atoms with E-state index >= 15 is 0 Å². The highest BCUT2D eigenvalue weighted by Gasteiger charge is 2.29. The summed E-state index contributed by atoms with van der Waals surface area (Å²) in [6, 6.07) is 2.14. The summed E-state index contributed by atoms with van der Waals surface area (Å²) in [5, 5.41) is 13.7. The van der Waals surface area contributed by atoms with E-state index in [1.165, 1.54) is 0 Å². The topological polar surface area (TPSA) is 76.9 Å². The summed E-state index contributed by atoms with van der Waals surface area (Å²) >= 11 is 0. The highest BCUT2D eigenvalue weighted by molar-refractivity contribution is 5.53. The third-order valence-corrected chi connectivity index (χ3v) is 2.93. The molecule has 17 heavy (non-hydrogen) atoms. The molecule has 1 aliphatic rings. The van der Waals surface area contributed by atoms with E-state index in [0.717, 1.165) is 19.4 Å². The van der Waals surface area contributed by atoms with E-state index in [1.807, 2.05) is 20.8 Å². The van der Waals surface area contributed by atoms with Gasteiger partial charge in [-0.1, -0.05) is 0 Å². The quantitative estimate of drug-likeness (QED) is 0.805. The first kappa shape index (κ1) is 11.9. The Morgan fingerprint density at radius 3 is 2.71 bits per heavy atom. The molecule has 0 aromatic carbocycles. The van der Waals surface area contributed by atoms with Crippen LogP contribution in [-0.2, 0) is 10.3 Å². The lowest BCUT2D eigenvalue weighted by Gasteiger charge is -2.20. The molecule has 0 saturated carbocycles. The molecule has 5 heteroatoms. The third kappa shape index (κ3) is 2.01. The summed E-state index contributed by atoms with van der Waals surface area (Å²) in [6.07, 6.45) is 1.85. The standard InChI is InChI=1S/C12H18N4O/c1-12(2,3)16-11(14)8(7-13)10(15-16)9-5-4-6-17-9/h9H,4-6,14H2,1-3H3. The van der Waals surface area contributed by atoms with Crippen molar-refractivity contribution in [3.63, 3.8) is 0 Å². The predicted octanol–water partition coefficient (Wildman–Crippen LogP) is 1.94. The van der Waals surface area contributed by atoms with Crippen molar-refractivity contribution in [3.05, 3.63) is 11.3 Å². The highest BCUT2D eigenvalue weighted by Crippen LogP contribution is 2.33. The van der Waals surface area contributed by atoms with Gasteiger partial charge in [-0.15, -0.1) is 0 Å². The van der Waals surface area contributed by atoms with E-state index in [0.29, 0.717) is 17.1 Å². The van der Waals surface area contributed by atoms with E-state index in [2.05, 4.69) is 11.2 Å². The maximum absolute atomic E-state index is 9.20. The van der Waals surface area contributed by atoms with Crippen LogP contribution in [0.3, 0.4) is 0 Å². The molecule has 92 valence electrons. The maximum atomic E-state index is 9.20. The van der Waals surface area contributed by atoms with Crippen LogP contribution in [0, 0.1) is 11.3 Å². The lowest BCUT2D eigenvalue weighted by atomic mass is 10.1. The van der Waals surface area contributed by atoms with Crippen LogP contribution in [-0.4, -0.2) is 16.4 Å². The first-order valence-corrected chi connectivity index (χ1v) is 5.85. The monoisotopic (exact) mass is 234 g/mol. The van der Waals surface area contributed by atoms with Crippen LogP contribution in [0.4, 0.5) is 5.82 Å². The smallest absolute Gasteiger partial charge is 0.140 e. The number of rotatable bonds is 1. The number of nitrogens with two attached hydrogens (primary N) is 1. The van der Waals surface area contributed by atoms with E-state index in [-0.39, 0.29) is 11.6 Å². The van der Waals surface area contributed by atoms with Crippen molar-refractivity contribution < 1.29 is 4.74 Å². The Balaban J connectivity index is 2.49. The van der Waals surface area contributed by atoms with Gasteiger partial charge in [0.05, 0.1) is 5.54 Å². The molecule has 0 aliphatic carbocycles. The molecule has 1 atom stereocenters. The number of hydrogen-bond acceptors (Lipinski definition) is 4. The fraction of sp³-hybridized carbons (Fsp3) is 0.667. The number of ether oxygens (including phenoxy) is 1. The Hall–Kier alpha value is -1.54. The second-order valence-electron chi connectivity index (χ2n) is 5.34. The van der Waals surface area contributed by atoms with Gasteiger partial charge in [0.25, 0.3) is 0 Å². The van der Waals surface area contributed by atoms with Crippen molar-refractivity contribution in [2.45, 2.75) is 45.3 Å². The minimum atomic E-state index is -0.230. The fourth-order valence-corrected chi connectivity index (χ4v) is 2.09. The molecular weight excluding hydrogens is 216 g/mol. The molecule has 0 bridgehead atoms. The van der Waals surface area contributed by atoms with E-state index in [9.17, 15) is 5.26 Å². The van der Waals surface area contributed by atoms with Crippen LogP contribution in [0.1, 0.15) is 51.0 Å². The van der Waals surface area contributed by atoms with E-state index < -0.39 is 0 Å². The number of anilines is 1. The van der Waals surface area contributed by atoms with Crippen LogP contribution in [0.2, 0.25) is 0 Å². The van der Waals surface area contributed by atoms with Gasteiger partial charge >= 0.3 is 0 Å². The minimum Gasteiger partial charge on any atom is -0.383 e. The Morgan fingerprint density at radius 1 is 1.53 bits per heavy atom. The molecular formula is C12H18N4O. The van der Waals surface area contributed by atoms with Gasteiger partial charge in [-0.2, -0.15) is 10.4 Å². The average Bonchev–Trinajstić information content (AvgIpc) is 2.82. The van der Waals surface area contributed by atoms with Crippen molar-refractivity contribution in [1.82, 2.24) is 9.78 Å². The molecule has 2 N–H and O–H groups in total. The lowest BCUT2D eigenvalue weighted by molar-refractivity contribution is 0.107. The highest BCUT2D eigenvalue weighted by atomic mass is 16.5. The third-order valence-electron chi connectivity index (χ3n) is 2.93. The molecule has 5 nitrogen and oxygen atoms in total. The summed E-state index contributed by atoms with van der Waals surface area (Å²) in [4.78, 5) is 0. The zero-order valence-electron chi connectivity index (χ0n) is 10.5. The van der Waals surface area contributed by atoms with Crippen LogP contribution in [0.25, 0.3) is 0 Å². The SMILES string of the molecule is CC(C)(C)n1nc(C2CCCO2)c(C#N)c1N. The van der Waals surface area contributed by atoms with Crippen molar-refractivity contribution in [2.75, 3.05) is 12.3 Å². The fourth-order valence-electron chi connectivity index (χ4n) is 2.09. The molecule has 1 fully saturated rings. The van der Waals surface area contributed by atoms with Gasteiger partial charge < -0.3 is 10.5 Å². The zero-order valence-corrected chi connectivity index (χ0v) is 10.5.